The third-order valence-electron chi connectivity index (χ3n) is 4.21. The summed E-state index contributed by atoms with van der Waals surface area (Å²) in [6.45, 7) is 0. The number of rotatable bonds is 2. The molecule has 0 bridgehead atoms. The zero-order valence-corrected chi connectivity index (χ0v) is 11.8. The lowest BCUT2D eigenvalue weighted by Crippen LogP contribution is -2.23. The number of nitrogens with one attached hydrogen (secondary N) is 1. The van der Waals surface area contributed by atoms with Crippen LogP contribution in [0.3, 0.4) is 0 Å². The summed E-state index contributed by atoms with van der Waals surface area (Å²) in [7, 11) is 0. The number of halogens is 1. The van der Waals surface area contributed by atoms with Gasteiger partial charge in [0.1, 0.15) is 0 Å². The molecular weight excluding hydrogens is 260 g/mol. The lowest BCUT2D eigenvalue weighted by molar-refractivity contribution is -0.119. The van der Waals surface area contributed by atoms with Crippen LogP contribution in [-0.2, 0) is 17.6 Å². The molecule has 3 nitrogen and oxygen atoms in total. The Bertz CT molecular complexity index is 475. The molecule has 2 aliphatic rings. The second kappa shape index (κ2) is 5.93. The average molecular weight is 281 g/mol. The molecule has 3 rings (SSSR count). The molecule has 1 saturated carbocycles. The van der Waals surface area contributed by atoms with Gasteiger partial charge in [0.05, 0.1) is 0 Å². The number of aryl methyl sites for hydroxylation is 2. The van der Waals surface area contributed by atoms with Crippen LogP contribution in [0.1, 0.15) is 36.8 Å². The Kier molecular flexibility index (Phi) is 4.48. The summed E-state index contributed by atoms with van der Waals surface area (Å²) in [5.41, 5.74) is 9.64. The van der Waals surface area contributed by atoms with E-state index >= 15 is 0 Å². The molecular formula is C15H21ClN2O. The van der Waals surface area contributed by atoms with Gasteiger partial charge in [0, 0.05) is 17.6 Å². The molecule has 0 aromatic heterocycles. The highest BCUT2D eigenvalue weighted by atomic mass is 35.5. The number of benzene rings is 1. The normalized spacial score (nSPS) is 24.7. The van der Waals surface area contributed by atoms with Gasteiger partial charge in [-0.1, -0.05) is 6.07 Å². The Morgan fingerprint density at radius 3 is 2.74 bits per heavy atom. The summed E-state index contributed by atoms with van der Waals surface area (Å²) < 4.78 is 0. The fraction of sp³-hybridized carbons (Fsp3) is 0.533. The van der Waals surface area contributed by atoms with Gasteiger partial charge in [0.2, 0.25) is 5.91 Å². The minimum atomic E-state index is 0. The largest absolute Gasteiger partial charge is 0.328 e. The van der Waals surface area contributed by atoms with Gasteiger partial charge in [0.15, 0.2) is 0 Å². The summed E-state index contributed by atoms with van der Waals surface area (Å²) >= 11 is 0. The summed E-state index contributed by atoms with van der Waals surface area (Å²) in [6, 6.07) is 6.52. The molecule has 0 radical (unpaired) electrons. The van der Waals surface area contributed by atoms with Crippen LogP contribution < -0.4 is 11.1 Å². The number of carbonyl (C=O) groups excluding carboxylic acids is 1. The van der Waals surface area contributed by atoms with E-state index in [1.165, 1.54) is 24.0 Å². The fourth-order valence-corrected chi connectivity index (χ4v) is 3.15. The van der Waals surface area contributed by atoms with Crippen LogP contribution in [0.15, 0.2) is 18.2 Å². The van der Waals surface area contributed by atoms with Gasteiger partial charge in [-0.05, 0) is 61.8 Å². The van der Waals surface area contributed by atoms with E-state index in [9.17, 15) is 4.79 Å². The summed E-state index contributed by atoms with van der Waals surface area (Å²) in [6.07, 6.45) is 6.30. The molecule has 2 aliphatic carbocycles. The van der Waals surface area contributed by atoms with Crippen molar-refractivity contribution in [3.8, 4) is 0 Å². The molecule has 0 spiro atoms. The first kappa shape index (κ1) is 14.4. The van der Waals surface area contributed by atoms with Crippen LogP contribution in [0.4, 0.5) is 5.69 Å². The first-order valence-corrected chi connectivity index (χ1v) is 6.90. The van der Waals surface area contributed by atoms with Crippen molar-refractivity contribution in [3.63, 3.8) is 0 Å². The van der Waals surface area contributed by atoms with Gasteiger partial charge in [-0.3, -0.25) is 4.79 Å². The third kappa shape index (κ3) is 3.10. The highest BCUT2D eigenvalue weighted by Gasteiger charge is 2.27. The van der Waals surface area contributed by atoms with E-state index in [1.807, 2.05) is 6.07 Å². The maximum Gasteiger partial charge on any atom is 0.227 e. The van der Waals surface area contributed by atoms with Crippen LogP contribution >= 0.6 is 12.4 Å². The Balaban J connectivity index is 0.00000133. The maximum absolute atomic E-state index is 12.1. The molecule has 2 atom stereocenters. The molecule has 2 unspecified atom stereocenters. The molecule has 104 valence electrons. The molecule has 0 aliphatic heterocycles. The van der Waals surface area contributed by atoms with Crippen molar-refractivity contribution in [2.45, 2.75) is 44.6 Å². The summed E-state index contributed by atoms with van der Waals surface area (Å²) in [4.78, 5) is 12.1. The first-order chi connectivity index (χ1) is 8.72. The van der Waals surface area contributed by atoms with Gasteiger partial charge < -0.3 is 11.1 Å². The molecule has 19 heavy (non-hydrogen) atoms. The van der Waals surface area contributed by atoms with E-state index in [-0.39, 0.29) is 30.3 Å². The van der Waals surface area contributed by atoms with Crippen molar-refractivity contribution in [2.24, 2.45) is 11.7 Å². The van der Waals surface area contributed by atoms with Crippen molar-refractivity contribution in [1.82, 2.24) is 0 Å². The van der Waals surface area contributed by atoms with Gasteiger partial charge in [-0.2, -0.15) is 0 Å². The number of anilines is 1. The Morgan fingerprint density at radius 1 is 1.21 bits per heavy atom. The molecule has 1 fully saturated rings. The fourth-order valence-electron chi connectivity index (χ4n) is 3.15. The van der Waals surface area contributed by atoms with Crippen LogP contribution in [0.5, 0.6) is 0 Å². The van der Waals surface area contributed by atoms with Gasteiger partial charge >= 0.3 is 0 Å². The van der Waals surface area contributed by atoms with Crippen molar-refractivity contribution in [2.75, 3.05) is 5.32 Å². The summed E-state index contributed by atoms with van der Waals surface area (Å²) in [5.74, 6) is 0.245. The lowest BCUT2D eigenvalue weighted by Gasteiger charge is -2.11. The third-order valence-corrected chi connectivity index (χ3v) is 4.21. The predicted molar refractivity (Wildman–Crippen MR) is 79.7 cm³/mol. The molecule has 1 aromatic carbocycles. The zero-order chi connectivity index (χ0) is 12.5. The van der Waals surface area contributed by atoms with Crippen molar-refractivity contribution < 1.29 is 4.79 Å². The second-order valence-corrected chi connectivity index (χ2v) is 5.60. The van der Waals surface area contributed by atoms with Crippen LogP contribution in [-0.4, -0.2) is 11.9 Å². The highest BCUT2D eigenvalue weighted by Crippen LogP contribution is 2.28. The van der Waals surface area contributed by atoms with Gasteiger partial charge in [-0.15, -0.1) is 12.4 Å². The van der Waals surface area contributed by atoms with E-state index in [1.54, 1.807) is 0 Å². The molecule has 0 heterocycles. The minimum absolute atomic E-state index is 0. The average Bonchev–Trinajstić information content (AvgIpc) is 2.96. The number of amides is 1. The van der Waals surface area contributed by atoms with E-state index in [0.717, 1.165) is 31.4 Å². The maximum atomic E-state index is 12.1. The van der Waals surface area contributed by atoms with E-state index in [2.05, 4.69) is 17.4 Å². The first-order valence-electron chi connectivity index (χ1n) is 6.90. The number of hydrogen-bond donors (Lipinski definition) is 2. The highest BCUT2D eigenvalue weighted by molar-refractivity contribution is 5.92. The molecule has 1 aromatic rings. The van der Waals surface area contributed by atoms with Gasteiger partial charge in [-0.25, -0.2) is 0 Å². The van der Waals surface area contributed by atoms with Crippen LogP contribution in [0.25, 0.3) is 0 Å². The second-order valence-electron chi connectivity index (χ2n) is 5.60. The SMILES string of the molecule is Cl.NC1CCC(C(=O)Nc2ccc3c(c2)CCC3)C1. The summed E-state index contributed by atoms with van der Waals surface area (Å²) in [5, 5.41) is 3.04. The Labute approximate surface area is 120 Å². The standard InChI is InChI=1S/C15H20N2O.ClH/c16-13-6-4-12(8-13)15(18)17-14-7-5-10-2-1-3-11(10)9-14;/h5,7,9,12-13H,1-4,6,8,16H2,(H,17,18);1H. The van der Waals surface area contributed by atoms with Crippen LogP contribution in [0.2, 0.25) is 0 Å². The van der Waals surface area contributed by atoms with Crippen LogP contribution in [0, 0.1) is 5.92 Å². The number of nitrogens with two attached hydrogens (primary N) is 1. The molecule has 3 N–H and O–H groups in total. The number of fused-ring (bicyclic) bond motifs is 1. The number of hydrogen-bond acceptors (Lipinski definition) is 2. The van der Waals surface area contributed by atoms with E-state index in [4.69, 9.17) is 5.73 Å². The van der Waals surface area contributed by atoms with Crippen molar-refractivity contribution >= 4 is 24.0 Å². The van der Waals surface area contributed by atoms with E-state index < -0.39 is 0 Å². The lowest BCUT2D eigenvalue weighted by atomic mass is 10.1. The van der Waals surface area contributed by atoms with Crippen molar-refractivity contribution in [3.05, 3.63) is 29.3 Å². The minimum Gasteiger partial charge on any atom is -0.328 e. The smallest absolute Gasteiger partial charge is 0.227 e. The molecule has 1 amide bonds. The van der Waals surface area contributed by atoms with E-state index in [0.29, 0.717) is 0 Å². The Hall–Kier alpha value is -1.06. The Morgan fingerprint density at radius 2 is 2.00 bits per heavy atom. The topological polar surface area (TPSA) is 55.1 Å². The number of carbonyl (C=O) groups is 1. The quantitative estimate of drug-likeness (QED) is 0.875. The zero-order valence-electron chi connectivity index (χ0n) is 11.0. The molecule has 4 heteroatoms. The molecule has 0 saturated heterocycles. The monoisotopic (exact) mass is 280 g/mol. The predicted octanol–water partition coefficient (Wildman–Crippen LogP) is 2.66. The van der Waals surface area contributed by atoms with Gasteiger partial charge in [0.25, 0.3) is 0 Å². The van der Waals surface area contributed by atoms with Crippen molar-refractivity contribution in [1.29, 1.82) is 0 Å².